The normalized spacial score (nSPS) is 12.1. The summed E-state index contributed by atoms with van der Waals surface area (Å²) >= 11 is 0. The lowest BCUT2D eigenvalue weighted by Gasteiger charge is -2.19. The number of aromatic nitrogens is 2. The highest BCUT2D eigenvalue weighted by Crippen LogP contribution is 2.26. The molecule has 0 aromatic carbocycles. The number of hydrogen-bond donors (Lipinski definition) is 1. The molecule has 1 aromatic heterocycles. The van der Waals surface area contributed by atoms with Crippen molar-refractivity contribution in [3.8, 4) is 0 Å². The summed E-state index contributed by atoms with van der Waals surface area (Å²) in [6, 6.07) is 0. The van der Waals surface area contributed by atoms with Gasteiger partial charge in [0.05, 0.1) is 6.42 Å². The van der Waals surface area contributed by atoms with Crippen LogP contribution >= 0.6 is 0 Å². The Morgan fingerprint density at radius 2 is 2.12 bits per heavy atom. The van der Waals surface area contributed by atoms with Crippen molar-refractivity contribution in [2.24, 2.45) is 5.41 Å². The monoisotopic (exact) mass is 234 g/mol. The first-order valence-corrected chi connectivity index (χ1v) is 4.62. The van der Waals surface area contributed by atoms with Gasteiger partial charge in [-0.1, -0.05) is 13.8 Å². The quantitative estimate of drug-likeness (QED) is 0.843. The van der Waals surface area contributed by atoms with E-state index in [4.69, 9.17) is 9.52 Å². The fraction of sp³-hybridized carbons (Fsp3) is 0.667. The van der Waals surface area contributed by atoms with E-state index in [1.54, 1.807) is 13.8 Å². The zero-order valence-corrected chi connectivity index (χ0v) is 8.91. The summed E-state index contributed by atoms with van der Waals surface area (Å²) < 4.78 is 29.0. The highest BCUT2D eigenvalue weighted by Gasteiger charge is 2.26. The first-order valence-electron chi connectivity index (χ1n) is 4.62. The first-order chi connectivity index (χ1) is 7.30. The number of hydrogen-bond acceptors (Lipinski definition) is 4. The molecule has 0 fully saturated rings. The SMILES string of the molecule is CC(C)(CC(=O)O)Cc1nnc(C(F)F)o1. The van der Waals surface area contributed by atoms with E-state index in [0.29, 0.717) is 0 Å². The Balaban J connectivity index is 2.68. The van der Waals surface area contributed by atoms with Gasteiger partial charge in [-0.05, 0) is 5.41 Å². The smallest absolute Gasteiger partial charge is 0.314 e. The van der Waals surface area contributed by atoms with Gasteiger partial charge in [0, 0.05) is 6.42 Å². The Morgan fingerprint density at radius 1 is 1.50 bits per heavy atom. The first kappa shape index (κ1) is 12.5. The van der Waals surface area contributed by atoms with Crippen LogP contribution in [0.15, 0.2) is 4.42 Å². The number of alkyl halides is 2. The Hall–Kier alpha value is -1.53. The molecule has 1 aromatic rings. The third kappa shape index (κ3) is 3.56. The number of rotatable bonds is 5. The van der Waals surface area contributed by atoms with Gasteiger partial charge in [-0.2, -0.15) is 8.78 Å². The fourth-order valence-electron chi connectivity index (χ4n) is 1.31. The maximum Gasteiger partial charge on any atom is 0.314 e. The summed E-state index contributed by atoms with van der Waals surface area (Å²) in [6.45, 7) is 3.38. The van der Waals surface area contributed by atoms with Gasteiger partial charge in [0.1, 0.15) is 0 Å². The van der Waals surface area contributed by atoms with Crippen LogP contribution in [0.2, 0.25) is 0 Å². The number of halogens is 2. The average molecular weight is 234 g/mol. The van der Waals surface area contributed by atoms with Gasteiger partial charge < -0.3 is 9.52 Å². The van der Waals surface area contributed by atoms with Crippen molar-refractivity contribution in [1.29, 1.82) is 0 Å². The summed E-state index contributed by atoms with van der Waals surface area (Å²) in [4.78, 5) is 10.5. The van der Waals surface area contributed by atoms with Crippen LogP contribution in [0.25, 0.3) is 0 Å². The Bertz CT molecular complexity index is 377. The molecule has 5 nitrogen and oxygen atoms in total. The van der Waals surface area contributed by atoms with Crippen LogP contribution in [0.1, 0.15) is 38.5 Å². The molecule has 0 bridgehead atoms. The Morgan fingerprint density at radius 3 is 2.56 bits per heavy atom. The van der Waals surface area contributed by atoms with E-state index in [-0.39, 0.29) is 18.7 Å². The van der Waals surface area contributed by atoms with Crippen molar-refractivity contribution in [3.05, 3.63) is 11.8 Å². The van der Waals surface area contributed by atoms with Gasteiger partial charge >= 0.3 is 12.4 Å². The highest BCUT2D eigenvalue weighted by molar-refractivity contribution is 5.67. The van der Waals surface area contributed by atoms with Crippen LogP contribution < -0.4 is 0 Å². The molecule has 0 aliphatic rings. The van der Waals surface area contributed by atoms with Gasteiger partial charge in [-0.25, -0.2) is 0 Å². The number of carbonyl (C=O) groups is 1. The molecule has 0 amide bonds. The minimum Gasteiger partial charge on any atom is -0.481 e. The summed E-state index contributed by atoms with van der Waals surface area (Å²) in [5, 5.41) is 15.2. The molecule has 90 valence electrons. The van der Waals surface area contributed by atoms with Crippen molar-refractivity contribution in [2.75, 3.05) is 0 Å². The second kappa shape index (κ2) is 4.54. The van der Waals surface area contributed by atoms with E-state index < -0.39 is 23.7 Å². The highest BCUT2D eigenvalue weighted by atomic mass is 19.3. The lowest BCUT2D eigenvalue weighted by Crippen LogP contribution is -2.19. The molecular weight excluding hydrogens is 222 g/mol. The molecular formula is C9H12F2N2O3. The van der Waals surface area contributed by atoms with E-state index in [2.05, 4.69) is 10.2 Å². The van der Waals surface area contributed by atoms with Crippen molar-refractivity contribution in [1.82, 2.24) is 10.2 Å². The molecule has 0 saturated carbocycles. The molecule has 1 heterocycles. The van der Waals surface area contributed by atoms with E-state index in [1.807, 2.05) is 0 Å². The molecule has 1 N–H and O–H groups in total. The second-order valence-electron chi connectivity index (χ2n) is 4.25. The van der Waals surface area contributed by atoms with E-state index in [9.17, 15) is 13.6 Å². The third-order valence-corrected chi connectivity index (χ3v) is 1.93. The summed E-state index contributed by atoms with van der Waals surface area (Å²) in [5.41, 5.74) is -0.613. The van der Waals surface area contributed by atoms with Gasteiger partial charge in [0.2, 0.25) is 5.89 Å². The molecule has 0 saturated heterocycles. The molecule has 1 rings (SSSR count). The van der Waals surface area contributed by atoms with E-state index >= 15 is 0 Å². The predicted octanol–water partition coefficient (Wildman–Crippen LogP) is 2.05. The Labute approximate surface area is 90.5 Å². The predicted molar refractivity (Wildman–Crippen MR) is 49.0 cm³/mol. The summed E-state index contributed by atoms with van der Waals surface area (Å²) in [5.74, 6) is -1.67. The zero-order chi connectivity index (χ0) is 12.3. The minimum atomic E-state index is -2.80. The average Bonchev–Trinajstić information content (AvgIpc) is 2.48. The fourth-order valence-corrected chi connectivity index (χ4v) is 1.31. The van der Waals surface area contributed by atoms with Crippen molar-refractivity contribution in [3.63, 3.8) is 0 Å². The number of carboxylic acids is 1. The van der Waals surface area contributed by atoms with Crippen LogP contribution in [0.3, 0.4) is 0 Å². The lowest BCUT2D eigenvalue weighted by atomic mass is 9.86. The largest absolute Gasteiger partial charge is 0.481 e. The summed E-state index contributed by atoms with van der Waals surface area (Å²) in [7, 11) is 0. The molecule has 0 unspecified atom stereocenters. The van der Waals surface area contributed by atoms with Gasteiger partial charge in [-0.15, -0.1) is 10.2 Å². The Kier molecular flexibility index (Phi) is 3.56. The van der Waals surface area contributed by atoms with Crippen LogP contribution in [0.4, 0.5) is 8.78 Å². The minimum absolute atomic E-state index is 0.0292. The maximum atomic E-state index is 12.1. The van der Waals surface area contributed by atoms with Crippen molar-refractivity contribution >= 4 is 5.97 Å². The molecule has 0 atom stereocenters. The van der Waals surface area contributed by atoms with Crippen LogP contribution in [0, 0.1) is 5.41 Å². The summed E-state index contributed by atoms with van der Waals surface area (Å²) in [6.07, 6.45) is -2.75. The van der Waals surface area contributed by atoms with Crippen molar-refractivity contribution < 1.29 is 23.1 Å². The number of nitrogens with zero attached hydrogens (tertiary/aromatic N) is 2. The maximum absolute atomic E-state index is 12.1. The molecule has 0 radical (unpaired) electrons. The number of aliphatic carboxylic acids is 1. The lowest BCUT2D eigenvalue weighted by molar-refractivity contribution is -0.139. The van der Waals surface area contributed by atoms with Crippen LogP contribution in [0.5, 0.6) is 0 Å². The molecule has 16 heavy (non-hydrogen) atoms. The van der Waals surface area contributed by atoms with Crippen LogP contribution in [-0.2, 0) is 11.2 Å². The second-order valence-corrected chi connectivity index (χ2v) is 4.25. The van der Waals surface area contributed by atoms with Gasteiger partial charge in [-0.3, -0.25) is 4.79 Å². The molecule has 7 heteroatoms. The van der Waals surface area contributed by atoms with E-state index in [1.165, 1.54) is 0 Å². The number of carboxylic acid groups (broad SMARTS) is 1. The third-order valence-electron chi connectivity index (χ3n) is 1.93. The standard InChI is InChI=1S/C9H12F2N2O3/c1-9(2,4-6(14)15)3-5-12-13-8(16-5)7(10)11/h7H,3-4H2,1-2H3,(H,14,15). The molecule has 0 aliphatic heterocycles. The van der Waals surface area contributed by atoms with Crippen LogP contribution in [-0.4, -0.2) is 21.3 Å². The zero-order valence-electron chi connectivity index (χ0n) is 8.91. The topological polar surface area (TPSA) is 76.2 Å². The van der Waals surface area contributed by atoms with E-state index in [0.717, 1.165) is 0 Å². The van der Waals surface area contributed by atoms with Crippen molar-refractivity contribution in [2.45, 2.75) is 33.1 Å². The van der Waals surface area contributed by atoms with Gasteiger partial charge in [0.15, 0.2) is 0 Å². The van der Waals surface area contributed by atoms with Gasteiger partial charge in [0.25, 0.3) is 5.89 Å². The molecule has 0 aliphatic carbocycles. The molecule has 0 spiro atoms.